The number of anilines is 1. The highest BCUT2D eigenvalue weighted by molar-refractivity contribution is 5.47. The summed E-state index contributed by atoms with van der Waals surface area (Å²) in [5, 5.41) is 0. The van der Waals surface area contributed by atoms with Crippen LogP contribution in [0.15, 0.2) is 46.9 Å². The van der Waals surface area contributed by atoms with E-state index in [1.165, 1.54) is 0 Å². The number of rotatable bonds is 5. The van der Waals surface area contributed by atoms with Gasteiger partial charge in [-0.05, 0) is 24.3 Å². The zero-order chi connectivity index (χ0) is 13.0. The van der Waals surface area contributed by atoms with Gasteiger partial charge in [-0.25, -0.2) is 0 Å². The molecule has 0 aliphatic rings. The van der Waals surface area contributed by atoms with Crippen molar-refractivity contribution in [2.45, 2.75) is 19.4 Å². The molecule has 0 saturated heterocycles. The second-order valence-corrected chi connectivity index (χ2v) is 4.36. The topological polar surface area (TPSA) is 42.4 Å². The third-order valence-corrected chi connectivity index (χ3v) is 3.21. The van der Waals surface area contributed by atoms with Gasteiger partial charge in [-0.2, -0.15) is 0 Å². The Morgan fingerprint density at radius 3 is 2.44 bits per heavy atom. The van der Waals surface area contributed by atoms with E-state index in [4.69, 9.17) is 10.2 Å². The van der Waals surface area contributed by atoms with Crippen LogP contribution in [0.1, 0.15) is 24.5 Å². The predicted molar refractivity (Wildman–Crippen MR) is 74.7 cm³/mol. The van der Waals surface area contributed by atoms with Crippen molar-refractivity contribution in [3.05, 3.63) is 54.0 Å². The van der Waals surface area contributed by atoms with E-state index in [1.807, 2.05) is 37.4 Å². The second kappa shape index (κ2) is 5.74. The van der Waals surface area contributed by atoms with Gasteiger partial charge in [0.1, 0.15) is 11.5 Å². The van der Waals surface area contributed by atoms with Crippen LogP contribution in [-0.2, 0) is 6.42 Å². The molecule has 0 saturated carbocycles. The third-order valence-electron chi connectivity index (χ3n) is 3.21. The Kier molecular flexibility index (Phi) is 4.05. The summed E-state index contributed by atoms with van der Waals surface area (Å²) in [7, 11) is 2.04. The maximum Gasteiger partial charge on any atom is 0.127 e. The fraction of sp³-hybridized carbons (Fsp3) is 0.333. The van der Waals surface area contributed by atoms with Crippen LogP contribution in [0.2, 0.25) is 0 Å². The molecule has 96 valence electrons. The number of para-hydroxylation sites is 1. The standard InChI is InChI=1S/C15H20N2O/c1-3-13-9-10-15(18-13)14(11-16)17(2)12-7-5-4-6-8-12/h4-10,14H,3,11,16H2,1-2H3. The van der Waals surface area contributed by atoms with Gasteiger partial charge in [0.25, 0.3) is 0 Å². The average Bonchev–Trinajstić information content (AvgIpc) is 2.89. The van der Waals surface area contributed by atoms with Crippen molar-refractivity contribution >= 4 is 5.69 Å². The first-order chi connectivity index (χ1) is 8.76. The Hall–Kier alpha value is -1.74. The molecule has 1 atom stereocenters. The smallest absolute Gasteiger partial charge is 0.127 e. The minimum atomic E-state index is 0.0766. The molecule has 0 spiro atoms. The molecule has 1 aromatic carbocycles. The van der Waals surface area contributed by atoms with Gasteiger partial charge in [-0.3, -0.25) is 0 Å². The van der Waals surface area contributed by atoms with Gasteiger partial charge in [-0.1, -0.05) is 25.1 Å². The molecule has 0 aliphatic carbocycles. The summed E-state index contributed by atoms with van der Waals surface area (Å²) in [6, 6.07) is 14.3. The molecule has 2 aromatic rings. The highest BCUT2D eigenvalue weighted by atomic mass is 16.3. The number of likely N-dealkylation sites (N-methyl/N-ethyl adjacent to an activating group) is 1. The third kappa shape index (κ3) is 2.57. The van der Waals surface area contributed by atoms with Gasteiger partial charge in [0.05, 0.1) is 6.04 Å². The normalized spacial score (nSPS) is 12.4. The molecule has 2 N–H and O–H groups in total. The lowest BCUT2D eigenvalue weighted by atomic mass is 10.1. The van der Waals surface area contributed by atoms with Crippen molar-refractivity contribution < 1.29 is 4.42 Å². The van der Waals surface area contributed by atoms with E-state index in [0.29, 0.717) is 6.54 Å². The summed E-state index contributed by atoms with van der Waals surface area (Å²) < 4.78 is 5.81. The first kappa shape index (κ1) is 12.7. The SMILES string of the molecule is CCc1ccc(C(CN)N(C)c2ccccc2)o1. The maximum atomic E-state index is 5.89. The van der Waals surface area contributed by atoms with Crippen LogP contribution in [-0.4, -0.2) is 13.6 Å². The number of furan rings is 1. The molecule has 0 amide bonds. The summed E-state index contributed by atoms with van der Waals surface area (Å²) in [5.41, 5.74) is 7.03. The number of hydrogen-bond donors (Lipinski definition) is 1. The van der Waals surface area contributed by atoms with E-state index in [-0.39, 0.29) is 6.04 Å². The summed E-state index contributed by atoms with van der Waals surface area (Å²) in [6.45, 7) is 2.61. The van der Waals surface area contributed by atoms with Crippen LogP contribution in [0, 0.1) is 0 Å². The molecule has 0 bridgehead atoms. The van der Waals surface area contributed by atoms with Gasteiger partial charge in [0.15, 0.2) is 0 Å². The quantitative estimate of drug-likeness (QED) is 0.879. The molecule has 0 fully saturated rings. The first-order valence-electron chi connectivity index (χ1n) is 6.32. The minimum absolute atomic E-state index is 0.0766. The van der Waals surface area contributed by atoms with Gasteiger partial charge in [-0.15, -0.1) is 0 Å². The lowest BCUT2D eigenvalue weighted by molar-refractivity contribution is 0.431. The van der Waals surface area contributed by atoms with Crippen LogP contribution >= 0.6 is 0 Å². The Bertz CT molecular complexity index is 478. The lowest BCUT2D eigenvalue weighted by Crippen LogP contribution is -2.30. The number of hydrogen-bond acceptors (Lipinski definition) is 3. The van der Waals surface area contributed by atoms with Gasteiger partial charge >= 0.3 is 0 Å². The fourth-order valence-corrected chi connectivity index (χ4v) is 2.07. The zero-order valence-corrected chi connectivity index (χ0v) is 11.0. The Morgan fingerprint density at radius 1 is 1.17 bits per heavy atom. The average molecular weight is 244 g/mol. The van der Waals surface area contributed by atoms with Crippen LogP contribution in [0.3, 0.4) is 0 Å². The number of nitrogens with zero attached hydrogens (tertiary/aromatic N) is 1. The Balaban J connectivity index is 2.23. The molecule has 1 unspecified atom stereocenters. The van der Waals surface area contributed by atoms with E-state index < -0.39 is 0 Å². The van der Waals surface area contributed by atoms with Crippen molar-refractivity contribution in [2.75, 3.05) is 18.5 Å². The highest BCUT2D eigenvalue weighted by Crippen LogP contribution is 2.26. The van der Waals surface area contributed by atoms with Crippen LogP contribution in [0.4, 0.5) is 5.69 Å². The monoisotopic (exact) mass is 244 g/mol. The van der Waals surface area contributed by atoms with Crippen molar-refractivity contribution in [3.63, 3.8) is 0 Å². The fourth-order valence-electron chi connectivity index (χ4n) is 2.07. The maximum absolute atomic E-state index is 5.89. The molecule has 2 rings (SSSR count). The van der Waals surface area contributed by atoms with Crippen molar-refractivity contribution in [2.24, 2.45) is 5.73 Å². The molecule has 3 nitrogen and oxygen atoms in total. The first-order valence-corrected chi connectivity index (χ1v) is 6.32. The summed E-state index contributed by atoms with van der Waals surface area (Å²) in [4.78, 5) is 2.15. The number of aryl methyl sites for hydroxylation is 1. The second-order valence-electron chi connectivity index (χ2n) is 4.36. The van der Waals surface area contributed by atoms with E-state index >= 15 is 0 Å². The molecule has 0 radical (unpaired) electrons. The molecule has 0 aliphatic heterocycles. The Labute approximate surface area is 108 Å². The number of benzene rings is 1. The summed E-state index contributed by atoms with van der Waals surface area (Å²) in [6.07, 6.45) is 0.909. The summed E-state index contributed by atoms with van der Waals surface area (Å²) in [5.74, 6) is 1.94. The van der Waals surface area contributed by atoms with Gasteiger partial charge in [0.2, 0.25) is 0 Å². The zero-order valence-electron chi connectivity index (χ0n) is 11.0. The van der Waals surface area contributed by atoms with E-state index in [0.717, 1.165) is 23.6 Å². The van der Waals surface area contributed by atoms with Gasteiger partial charge < -0.3 is 15.1 Å². The van der Waals surface area contributed by atoms with Crippen molar-refractivity contribution in [1.82, 2.24) is 0 Å². The van der Waals surface area contributed by atoms with Crippen LogP contribution < -0.4 is 10.6 Å². The van der Waals surface area contributed by atoms with E-state index in [9.17, 15) is 0 Å². The van der Waals surface area contributed by atoms with Crippen LogP contribution in [0.5, 0.6) is 0 Å². The molecular formula is C15H20N2O. The largest absolute Gasteiger partial charge is 0.464 e. The summed E-state index contributed by atoms with van der Waals surface area (Å²) >= 11 is 0. The molecule has 3 heteroatoms. The van der Waals surface area contributed by atoms with E-state index in [2.05, 4.69) is 24.0 Å². The van der Waals surface area contributed by atoms with Crippen molar-refractivity contribution in [3.8, 4) is 0 Å². The molecular weight excluding hydrogens is 224 g/mol. The highest BCUT2D eigenvalue weighted by Gasteiger charge is 2.19. The Morgan fingerprint density at radius 2 is 1.89 bits per heavy atom. The minimum Gasteiger partial charge on any atom is -0.464 e. The van der Waals surface area contributed by atoms with Crippen LogP contribution in [0.25, 0.3) is 0 Å². The van der Waals surface area contributed by atoms with Gasteiger partial charge in [0, 0.05) is 25.7 Å². The van der Waals surface area contributed by atoms with E-state index in [1.54, 1.807) is 0 Å². The predicted octanol–water partition coefficient (Wildman–Crippen LogP) is 2.98. The number of nitrogens with two attached hydrogens (primary N) is 1. The molecule has 18 heavy (non-hydrogen) atoms. The molecule has 1 aromatic heterocycles. The lowest BCUT2D eigenvalue weighted by Gasteiger charge is -2.27. The van der Waals surface area contributed by atoms with Crippen molar-refractivity contribution in [1.29, 1.82) is 0 Å². The molecule has 1 heterocycles.